The van der Waals surface area contributed by atoms with Crippen LogP contribution in [-0.2, 0) is 4.74 Å². The molecule has 0 radical (unpaired) electrons. The Balaban J connectivity index is 2.23. The van der Waals surface area contributed by atoms with Crippen LogP contribution >= 0.6 is 0 Å². The first-order valence-corrected chi connectivity index (χ1v) is 8.81. The Labute approximate surface area is 175 Å². The molecule has 11 heteroatoms. The summed E-state index contributed by atoms with van der Waals surface area (Å²) in [5, 5.41) is 4.62. The van der Waals surface area contributed by atoms with Crippen molar-refractivity contribution in [1.29, 1.82) is 0 Å². The summed E-state index contributed by atoms with van der Waals surface area (Å²) in [6.45, 7) is 4.98. The van der Waals surface area contributed by atoms with Gasteiger partial charge in [0.25, 0.3) is 5.91 Å². The number of ether oxygens (including phenoxy) is 3. The number of rotatable bonds is 5. The molecule has 0 heterocycles. The zero-order valence-electron chi connectivity index (χ0n) is 17.0. The van der Waals surface area contributed by atoms with Gasteiger partial charge in [0, 0.05) is 17.3 Å². The highest BCUT2D eigenvalue weighted by molar-refractivity contribution is 6.05. The summed E-state index contributed by atoms with van der Waals surface area (Å²) in [7, 11) is 1.19. The number of hydrogen-bond donors (Lipinski definition) is 2. The molecule has 0 aliphatic rings. The van der Waals surface area contributed by atoms with Crippen molar-refractivity contribution in [3.63, 3.8) is 0 Å². The lowest BCUT2D eigenvalue weighted by Crippen LogP contribution is -2.27. The molecular formula is C20H20F4N2O5. The molecule has 0 saturated carbocycles. The second-order valence-corrected chi connectivity index (χ2v) is 7.22. The van der Waals surface area contributed by atoms with E-state index < -0.39 is 35.5 Å². The Morgan fingerprint density at radius 1 is 0.935 bits per heavy atom. The summed E-state index contributed by atoms with van der Waals surface area (Å²) >= 11 is 0. The molecule has 168 valence electrons. The van der Waals surface area contributed by atoms with Gasteiger partial charge < -0.3 is 19.5 Å². The fraction of sp³-hybridized carbons (Fsp3) is 0.300. The van der Waals surface area contributed by atoms with Crippen LogP contribution in [0.25, 0.3) is 0 Å². The Morgan fingerprint density at radius 3 is 2.16 bits per heavy atom. The molecule has 0 spiro atoms. The van der Waals surface area contributed by atoms with E-state index in [-0.39, 0.29) is 22.7 Å². The maximum atomic E-state index is 14.1. The molecule has 0 aromatic heterocycles. The van der Waals surface area contributed by atoms with Crippen molar-refractivity contribution in [3.05, 3.63) is 47.8 Å². The average Bonchev–Trinajstić information content (AvgIpc) is 2.61. The monoisotopic (exact) mass is 444 g/mol. The fourth-order valence-corrected chi connectivity index (χ4v) is 2.33. The van der Waals surface area contributed by atoms with E-state index in [1.165, 1.54) is 13.2 Å². The lowest BCUT2D eigenvalue weighted by molar-refractivity contribution is -0.274. The fourth-order valence-electron chi connectivity index (χ4n) is 2.33. The Kier molecular flexibility index (Phi) is 6.98. The first kappa shape index (κ1) is 23.8. The Bertz CT molecular complexity index is 971. The molecule has 2 amide bonds. The maximum absolute atomic E-state index is 14.1. The average molecular weight is 444 g/mol. The lowest BCUT2D eigenvalue weighted by Gasteiger charge is -2.20. The molecule has 0 aliphatic heterocycles. The summed E-state index contributed by atoms with van der Waals surface area (Å²) in [5.74, 6) is -2.53. The van der Waals surface area contributed by atoms with Gasteiger partial charge in [0.2, 0.25) is 0 Å². The standard InChI is InChI=1S/C20H20F4N2O5/c1-19(2,3)31-18(28)25-12-5-6-15(21)16(9-12)26-17(27)11-7-13(29-4)10-14(8-11)30-20(22,23)24/h5-10H,1-4H3,(H,25,28)(H,26,27). The van der Waals surface area contributed by atoms with Crippen LogP contribution < -0.4 is 20.1 Å². The normalized spacial score (nSPS) is 11.5. The topological polar surface area (TPSA) is 85.9 Å². The van der Waals surface area contributed by atoms with E-state index in [1.807, 2.05) is 0 Å². The van der Waals surface area contributed by atoms with Crippen LogP contribution in [0.15, 0.2) is 36.4 Å². The first-order chi connectivity index (χ1) is 14.3. The van der Waals surface area contributed by atoms with Crippen LogP contribution in [0.3, 0.4) is 0 Å². The van der Waals surface area contributed by atoms with Crippen molar-refractivity contribution in [2.75, 3.05) is 17.7 Å². The van der Waals surface area contributed by atoms with Crippen LogP contribution in [0.5, 0.6) is 11.5 Å². The van der Waals surface area contributed by atoms with E-state index in [0.29, 0.717) is 0 Å². The molecule has 0 fully saturated rings. The summed E-state index contributed by atoms with van der Waals surface area (Å²) in [4.78, 5) is 24.3. The van der Waals surface area contributed by atoms with E-state index in [9.17, 15) is 27.2 Å². The van der Waals surface area contributed by atoms with E-state index >= 15 is 0 Å². The largest absolute Gasteiger partial charge is 0.573 e. The van der Waals surface area contributed by atoms with Gasteiger partial charge in [0.15, 0.2) is 0 Å². The number of anilines is 2. The molecule has 2 aromatic rings. The number of methoxy groups -OCH3 is 1. The summed E-state index contributed by atoms with van der Waals surface area (Å²) in [5.41, 5.74) is -1.23. The summed E-state index contributed by atoms with van der Waals surface area (Å²) in [6.07, 6.45) is -5.77. The van der Waals surface area contributed by atoms with Gasteiger partial charge in [-0.05, 0) is 51.1 Å². The smallest absolute Gasteiger partial charge is 0.497 e. The third kappa shape index (κ3) is 7.68. The molecule has 2 rings (SSSR count). The van der Waals surface area contributed by atoms with Crippen molar-refractivity contribution >= 4 is 23.4 Å². The predicted molar refractivity (Wildman–Crippen MR) is 104 cm³/mol. The van der Waals surface area contributed by atoms with Crippen molar-refractivity contribution in [2.45, 2.75) is 32.7 Å². The molecular weight excluding hydrogens is 424 g/mol. The van der Waals surface area contributed by atoms with E-state index in [4.69, 9.17) is 9.47 Å². The van der Waals surface area contributed by atoms with Gasteiger partial charge in [0.05, 0.1) is 12.8 Å². The number of nitrogens with one attached hydrogen (secondary N) is 2. The first-order valence-electron chi connectivity index (χ1n) is 8.81. The van der Waals surface area contributed by atoms with Crippen LogP contribution in [0.4, 0.5) is 33.7 Å². The minimum absolute atomic E-state index is 0.0762. The van der Waals surface area contributed by atoms with Crippen LogP contribution in [0.1, 0.15) is 31.1 Å². The zero-order valence-corrected chi connectivity index (χ0v) is 17.0. The molecule has 2 N–H and O–H groups in total. The zero-order chi connectivity index (χ0) is 23.4. The molecule has 0 aliphatic carbocycles. The van der Waals surface area contributed by atoms with Gasteiger partial charge in [-0.3, -0.25) is 10.1 Å². The van der Waals surface area contributed by atoms with Gasteiger partial charge in [-0.2, -0.15) is 0 Å². The van der Waals surface area contributed by atoms with Gasteiger partial charge in [-0.1, -0.05) is 0 Å². The highest BCUT2D eigenvalue weighted by Crippen LogP contribution is 2.29. The highest BCUT2D eigenvalue weighted by Gasteiger charge is 2.31. The molecule has 7 nitrogen and oxygen atoms in total. The quantitative estimate of drug-likeness (QED) is 0.609. The molecule has 0 bridgehead atoms. The molecule has 31 heavy (non-hydrogen) atoms. The predicted octanol–water partition coefficient (Wildman–Crippen LogP) is 5.33. The van der Waals surface area contributed by atoms with E-state index in [1.54, 1.807) is 20.8 Å². The van der Waals surface area contributed by atoms with Crippen molar-refractivity contribution < 1.29 is 41.4 Å². The van der Waals surface area contributed by atoms with E-state index in [2.05, 4.69) is 15.4 Å². The molecule has 0 atom stereocenters. The second kappa shape index (κ2) is 9.11. The van der Waals surface area contributed by atoms with E-state index in [0.717, 1.165) is 30.3 Å². The number of carbonyl (C=O) groups is 2. The number of carbonyl (C=O) groups excluding carboxylic acids is 2. The van der Waals surface area contributed by atoms with Gasteiger partial charge in [-0.15, -0.1) is 13.2 Å². The van der Waals surface area contributed by atoms with Gasteiger partial charge in [-0.25, -0.2) is 9.18 Å². The van der Waals surface area contributed by atoms with Gasteiger partial charge in [0.1, 0.15) is 22.9 Å². The number of amides is 2. The SMILES string of the molecule is COc1cc(OC(F)(F)F)cc(C(=O)Nc2cc(NC(=O)OC(C)(C)C)ccc2F)c1. The summed E-state index contributed by atoms with van der Waals surface area (Å²) in [6, 6.07) is 6.29. The van der Waals surface area contributed by atoms with Crippen molar-refractivity contribution in [2.24, 2.45) is 0 Å². The molecule has 2 aromatic carbocycles. The third-order valence-electron chi connectivity index (χ3n) is 3.47. The molecule has 0 saturated heterocycles. The van der Waals surface area contributed by atoms with Crippen LogP contribution in [0.2, 0.25) is 0 Å². The Hall–Kier alpha value is -3.50. The van der Waals surface area contributed by atoms with Crippen molar-refractivity contribution in [3.8, 4) is 11.5 Å². The number of benzene rings is 2. The molecule has 0 unspecified atom stereocenters. The summed E-state index contributed by atoms with van der Waals surface area (Å²) < 4.78 is 65.4. The third-order valence-corrected chi connectivity index (χ3v) is 3.47. The van der Waals surface area contributed by atoms with Gasteiger partial charge >= 0.3 is 12.5 Å². The maximum Gasteiger partial charge on any atom is 0.573 e. The lowest BCUT2D eigenvalue weighted by atomic mass is 10.1. The minimum atomic E-state index is -4.98. The van der Waals surface area contributed by atoms with Crippen molar-refractivity contribution in [1.82, 2.24) is 0 Å². The number of halogens is 4. The Morgan fingerprint density at radius 2 is 1.58 bits per heavy atom. The second-order valence-electron chi connectivity index (χ2n) is 7.22. The minimum Gasteiger partial charge on any atom is -0.497 e. The highest BCUT2D eigenvalue weighted by atomic mass is 19.4. The van der Waals surface area contributed by atoms with Crippen LogP contribution in [-0.4, -0.2) is 31.1 Å². The van der Waals surface area contributed by atoms with Crippen LogP contribution in [0, 0.1) is 5.82 Å². The number of hydrogen-bond acceptors (Lipinski definition) is 5. The number of alkyl halides is 3.